The Balaban J connectivity index is 1.85. The first kappa shape index (κ1) is 12.0. The number of halogens is 2. The van der Waals surface area contributed by atoms with Gasteiger partial charge in [0.05, 0.1) is 0 Å². The maximum atomic E-state index is 13.6. The molecule has 3 heteroatoms. The summed E-state index contributed by atoms with van der Waals surface area (Å²) < 4.78 is 26.5. The van der Waals surface area contributed by atoms with Crippen LogP contribution in [0.1, 0.15) is 21.5 Å². The van der Waals surface area contributed by atoms with Crippen molar-refractivity contribution in [3.63, 3.8) is 0 Å². The van der Waals surface area contributed by atoms with Gasteiger partial charge in [-0.2, -0.15) is 0 Å². The molecule has 0 amide bonds. The zero-order chi connectivity index (χ0) is 13.4. The SMILES string of the molecule is O=C1c2ccccc2CC1Cc1ccc(F)cc1F. The first-order chi connectivity index (χ1) is 9.15. The van der Waals surface area contributed by atoms with Crippen molar-refractivity contribution in [2.24, 2.45) is 5.92 Å². The van der Waals surface area contributed by atoms with Gasteiger partial charge in [0, 0.05) is 17.5 Å². The van der Waals surface area contributed by atoms with E-state index in [1.54, 1.807) is 6.07 Å². The highest BCUT2D eigenvalue weighted by molar-refractivity contribution is 6.02. The number of carbonyl (C=O) groups is 1. The molecule has 0 saturated carbocycles. The fourth-order valence-corrected chi connectivity index (χ4v) is 2.63. The van der Waals surface area contributed by atoms with E-state index in [1.165, 1.54) is 12.1 Å². The molecule has 96 valence electrons. The Morgan fingerprint density at radius 2 is 1.89 bits per heavy atom. The van der Waals surface area contributed by atoms with Gasteiger partial charge in [-0.05, 0) is 30.0 Å². The molecule has 1 atom stereocenters. The normalized spacial score (nSPS) is 17.6. The van der Waals surface area contributed by atoms with Crippen LogP contribution < -0.4 is 0 Å². The summed E-state index contributed by atoms with van der Waals surface area (Å²) in [5.74, 6) is -1.36. The molecule has 1 unspecified atom stereocenters. The van der Waals surface area contributed by atoms with Gasteiger partial charge in [-0.15, -0.1) is 0 Å². The molecule has 19 heavy (non-hydrogen) atoms. The molecule has 2 aromatic rings. The molecule has 0 aromatic heterocycles. The Hall–Kier alpha value is -2.03. The van der Waals surface area contributed by atoms with Crippen molar-refractivity contribution in [3.8, 4) is 0 Å². The fourth-order valence-electron chi connectivity index (χ4n) is 2.63. The topological polar surface area (TPSA) is 17.1 Å². The number of rotatable bonds is 2. The largest absolute Gasteiger partial charge is 0.294 e. The Morgan fingerprint density at radius 3 is 2.63 bits per heavy atom. The van der Waals surface area contributed by atoms with Gasteiger partial charge in [0.25, 0.3) is 0 Å². The third-order valence-corrected chi connectivity index (χ3v) is 3.60. The lowest BCUT2D eigenvalue weighted by molar-refractivity contribution is 0.0936. The molecule has 0 bridgehead atoms. The number of carbonyl (C=O) groups excluding carboxylic acids is 1. The molecule has 1 aliphatic rings. The first-order valence-corrected chi connectivity index (χ1v) is 6.21. The standard InChI is InChI=1S/C16H12F2O/c17-13-6-5-11(15(18)9-13)8-12-7-10-3-1-2-4-14(10)16(12)19/h1-6,9,12H,7-8H2. The third-order valence-electron chi connectivity index (χ3n) is 3.60. The summed E-state index contributed by atoms with van der Waals surface area (Å²) in [5.41, 5.74) is 2.14. The van der Waals surface area contributed by atoms with Crippen molar-refractivity contribution < 1.29 is 13.6 Å². The molecule has 0 aliphatic heterocycles. The maximum absolute atomic E-state index is 13.6. The van der Waals surface area contributed by atoms with E-state index in [0.717, 1.165) is 17.2 Å². The quantitative estimate of drug-likeness (QED) is 0.805. The fraction of sp³-hybridized carbons (Fsp3) is 0.188. The third kappa shape index (κ3) is 2.16. The van der Waals surface area contributed by atoms with Crippen LogP contribution in [0.3, 0.4) is 0 Å². The molecule has 0 fully saturated rings. The Morgan fingerprint density at radius 1 is 1.11 bits per heavy atom. The van der Waals surface area contributed by atoms with Gasteiger partial charge in [0.15, 0.2) is 5.78 Å². The van der Waals surface area contributed by atoms with Crippen LogP contribution in [0.4, 0.5) is 8.78 Å². The number of fused-ring (bicyclic) bond motifs is 1. The smallest absolute Gasteiger partial charge is 0.166 e. The maximum Gasteiger partial charge on any atom is 0.166 e. The Bertz CT molecular complexity index is 649. The van der Waals surface area contributed by atoms with Crippen molar-refractivity contribution in [1.29, 1.82) is 0 Å². The summed E-state index contributed by atoms with van der Waals surface area (Å²) in [7, 11) is 0. The minimum atomic E-state index is -0.595. The van der Waals surface area contributed by atoms with Crippen LogP contribution in [-0.2, 0) is 12.8 Å². The highest BCUT2D eigenvalue weighted by Gasteiger charge is 2.30. The summed E-state index contributed by atoms with van der Waals surface area (Å²) in [6.07, 6.45) is 0.950. The number of benzene rings is 2. The van der Waals surface area contributed by atoms with E-state index < -0.39 is 11.6 Å². The molecule has 0 spiro atoms. The summed E-state index contributed by atoms with van der Waals surface area (Å²) in [4.78, 5) is 12.2. The predicted octanol–water partition coefficient (Wildman–Crippen LogP) is 3.56. The number of hydrogen-bond acceptors (Lipinski definition) is 1. The van der Waals surface area contributed by atoms with Crippen LogP contribution >= 0.6 is 0 Å². The Labute approximate surface area is 109 Å². The minimum absolute atomic E-state index is 0.0549. The number of Topliss-reactive ketones (excluding diaryl/α,β-unsaturated/α-hetero) is 1. The molecule has 0 heterocycles. The van der Waals surface area contributed by atoms with E-state index in [0.29, 0.717) is 18.4 Å². The second-order valence-corrected chi connectivity index (χ2v) is 4.86. The van der Waals surface area contributed by atoms with Crippen LogP contribution in [0.25, 0.3) is 0 Å². The van der Waals surface area contributed by atoms with E-state index in [4.69, 9.17) is 0 Å². The van der Waals surface area contributed by atoms with Crippen LogP contribution in [0, 0.1) is 17.6 Å². The lowest BCUT2D eigenvalue weighted by Gasteiger charge is -2.08. The van der Waals surface area contributed by atoms with Gasteiger partial charge < -0.3 is 0 Å². The molecular weight excluding hydrogens is 246 g/mol. The van der Waals surface area contributed by atoms with Crippen molar-refractivity contribution in [1.82, 2.24) is 0 Å². The highest BCUT2D eigenvalue weighted by atomic mass is 19.1. The monoisotopic (exact) mass is 258 g/mol. The highest BCUT2D eigenvalue weighted by Crippen LogP contribution is 2.29. The van der Waals surface area contributed by atoms with E-state index in [-0.39, 0.29) is 11.7 Å². The van der Waals surface area contributed by atoms with Crippen molar-refractivity contribution >= 4 is 5.78 Å². The lowest BCUT2D eigenvalue weighted by atomic mass is 9.95. The number of hydrogen-bond donors (Lipinski definition) is 0. The van der Waals surface area contributed by atoms with Crippen molar-refractivity contribution in [2.75, 3.05) is 0 Å². The minimum Gasteiger partial charge on any atom is -0.294 e. The molecule has 0 radical (unpaired) electrons. The second-order valence-electron chi connectivity index (χ2n) is 4.86. The molecule has 2 aromatic carbocycles. The predicted molar refractivity (Wildman–Crippen MR) is 68.0 cm³/mol. The number of ketones is 1. The van der Waals surface area contributed by atoms with E-state index in [2.05, 4.69) is 0 Å². The summed E-state index contributed by atoms with van der Waals surface area (Å²) in [6, 6.07) is 11.0. The van der Waals surface area contributed by atoms with Crippen molar-refractivity contribution in [3.05, 3.63) is 70.8 Å². The van der Waals surface area contributed by atoms with Gasteiger partial charge in [0.1, 0.15) is 11.6 Å². The lowest BCUT2D eigenvalue weighted by Crippen LogP contribution is -2.13. The molecule has 1 nitrogen and oxygen atoms in total. The van der Waals surface area contributed by atoms with Gasteiger partial charge in [0.2, 0.25) is 0 Å². The molecule has 0 saturated heterocycles. The average Bonchev–Trinajstić information content (AvgIpc) is 2.70. The second kappa shape index (κ2) is 4.57. The van der Waals surface area contributed by atoms with E-state index >= 15 is 0 Å². The van der Waals surface area contributed by atoms with Crippen molar-refractivity contribution in [2.45, 2.75) is 12.8 Å². The molecule has 3 rings (SSSR count). The van der Waals surface area contributed by atoms with Crippen LogP contribution in [-0.4, -0.2) is 5.78 Å². The molecule has 1 aliphatic carbocycles. The van der Waals surface area contributed by atoms with Gasteiger partial charge in [-0.25, -0.2) is 8.78 Å². The van der Waals surface area contributed by atoms with Gasteiger partial charge in [-0.3, -0.25) is 4.79 Å². The van der Waals surface area contributed by atoms with Crippen LogP contribution in [0.2, 0.25) is 0 Å². The van der Waals surface area contributed by atoms with Gasteiger partial charge >= 0.3 is 0 Å². The molecular formula is C16H12F2O. The van der Waals surface area contributed by atoms with Crippen LogP contribution in [0.5, 0.6) is 0 Å². The molecule has 0 N–H and O–H groups in total. The Kier molecular flexibility index (Phi) is 2.90. The van der Waals surface area contributed by atoms with Crippen LogP contribution in [0.15, 0.2) is 42.5 Å². The summed E-state index contributed by atoms with van der Waals surface area (Å²) >= 11 is 0. The van der Waals surface area contributed by atoms with E-state index in [1.807, 2.05) is 18.2 Å². The first-order valence-electron chi connectivity index (χ1n) is 6.21. The zero-order valence-corrected chi connectivity index (χ0v) is 10.2. The summed E-state index contributed by atoms with van der Waals surface area (Å²) in [6.45, 7) is 0. The summed E-state index contributed by atoms with van der Waals surface area (Å²) in [5, 5.41) is 0. The average molecular weight is 258 g/mol. The zero-order valence-electron chi connectivity index (χ0n) is 10.2. The van der Waals surface area contributed by atoms with Gasteiger partial charge in [-0.1, -0.05) is 30.3 Å². The van der Waals surface area contributed by atoms with E-state index in [9.17, 15) is 13.6 Å².